The number of amides is 2. The molecule has 2 aliphatic rings. The van der Waals surface area contributed by atoms with Gasteiger partial charge in [-0.15, -0.1) is 12.4 Å². The van der Waals surface area contributed by atoms with Crippen LogP contribution in [0.2, 0.25) is 5.02 Å². The maximum Gasteiger partial charge on any atom is 0.242 e. The van der Waals surface area contributed by atoms with Crippen LogP contribution in [0.15, 0.2) is 18.2 Å². The van der Waals surface area contributed by atoms with Crippen molar-refractivity contribution in [1.82, 2.24) is 10.2 Å². The molecule has 1 aromatic carbocycles. The molecule has 0 radical (unpaired) electrons. The van der Waals surface area contributed by atoms with E-state index in [0.717, 1.165) is 0 Å². The van der Waals surface area contributed by atoms with E-state index in [2.05, 4.69) is 10.6 Å². The van der Waals surface area contributed by atoms with Gasteiger partial charge in [-0.05, 0) is 31.0 Å². The molecule has 26 heavy (non-hydrogen) atoms. The average molecular weight is 406 g/mol. The SMILES string of the molecule is Cl.O=C(Nc1ccc(F)c(Cl)c1)C1CCN(C(=O)C2COCCN2)CC1. The highest BCUT2D eigenvalue weighted by molar-refractivity contribution is 6.31. The van der Waals surface area contributed by atoms with Crippen LogP contribution in [-0.2, 0) is 14.3 Å². The Balaban J connectivity index is 0.00000243. The summed E-state index contributed by atoms with van der Waals surface area (Å²) in [5.41, 5.74) is 0.471. The molecule has 2 saturated heterocycles. The summed E-state index contributed by atoms with van der Waals surface area (Å²) in [5, 5.41) is 5.89. The fourth-order valence-corrected chi connectivity index (χ4v) is 3.31. The van der Waals surface area contributed by atoms with E-state index in [0.29, 0.717) is 51.4 Å². The van der Waals surface area contributed by atoms with E-state index in [1.54, 1.807) is 4.90 Å². The predicted octanol–water partition coefficient (Wildman–Crippen LogP) is 2.07. The number of ether oxygens (including phenoxy) is 1. The second kappa shape index (κ2) is 9.50. The van der Waals surface area contributed by atoms with Gasteiger partial charge in [0.25, 0.3) is 0 Å². The molecule has 1 unspecified atom stereocenters. The Morgan fingerprint density at radius 1 is 1.31 bits per heavy atom. The van der Waals surface area contributed by atoms with Gasteiger partial charge in [-0.3, -0.25) is 9.59 Å². The maximum absolute atomic E-state index is 13.2. The van der Waals surface area contributed by atoms with Crippen molar-refractivity contribution in [2.45, 2.75) is 18.9 Å². The number of nitrogens with zero attached hydrogens (tertiary/aromatic N) is 1. The number of halogens is 3. The molecule has 1 atom stereocenters. The first kappa shape index (κ1) is 20.9. The third-order valence-corrected chi connectivity index (χ3v) is 4.87. The fourth-order valence-electron chi connectivity index (χ4n) is 3.12. The Hall–Kier alpha value is -1.41. The van der Waals surface area contributed by atoms with E-state index in [4.69, 9.17) is 16.3 Å². The van der Waals surface area contributed by atoms with Crippen LogP contribution in [0.1, 0.15) is 12.8 Å². The first-order valence-electron chi connectivity index (χ1n) is 8.40. The summed E-state index contributed by atoms with van der Waals surface area (Å²) in [5.74, 6) is -0.798. The molecule has 2 heterocycles. The summed E-state index contributed by atoms with van der Waals surface area (Å²) < 4.78 is 18.5. The van der Waals surface area contributed by atoms with Gasteiger partial charge in [0.05, 0.1) is 18.2 Å². The zero-order valence-corrected chi connectivity index (χ0v) is 15.7. The highest BCUT2D eigenvalue weighted by Crippen LogP contribution is 2.23. The Bertz CT molecular complexity index is 648. The topological polar surface area (TPSA) is 70.7 Å². The molecule has 0 aliphatic carbocycles. The summed E-state index contributed by atoms with van der Waals surface area (Å²) in [6.07, 6.45) is 1.19. The van der Waals surface area contributed by atoms with Gasteiger partial charge in [0.15, 0.2) is 0 Å². The molecule has 2 fully saturated rings. The summed E-state index contributed by atoms with van der Waals surface area (Å²) in [6.45, 7) is 2.78. The number of rotatable bonds is 3. The number of carbonyl (C=O) groups excluding carboxylic acids is 2. The van der Waals surface area contributed by atoms with Crippen molar-refractivity contribution < 1.29 is 18.7 Å². The minimum atomic E-state index is -0.521. The molecule has 1 aromatic rings. The summed E-state index contributed by atoms with van der Waals surface area (Å²) in [6, 6.07) is 3.80. The zero-order valence-electron chi connectivity index (χ0n) is 14.2. The number of hydrogen-bond acceptors (Lipinski definition) is 4. The first-order chi connectivity index (χ1) is 12.0. The summed E-state index contributed by atoms with van der Waals surface area (Å²) >= 11 is 5.72. The monoisotopic (exact) mass is 405 g/mol. The van der Waals surface area contributed by atoms with Gasteiger partial charge in [-0.2, -0.15) is 0 Å². The smallest absolute Gasteiger partial charge is 0.242 e. The number of piperidine rings is 1. The van der Waals surface area contributed by atoms with Crippen LogP contribution in [0.4, 0.5) is 10.1 Å². The second-order valence-corrected chi connectivity index (χ2v) is 6.71. The van der Waals surface area contributed by atoms with Gasteiger partial charge >= 0.3 is 0 Å². The third kappa shape index (κ3) is 5.07. The molecule has 2 N–H and O–H groups in total. The van der Waals surface area contributed by atoms with Crippen molar-refractivity contribution in [3.8, 4) is 0 Å². The number of benzene rings is 1. The fraction of sp³-hybridized carbons (Fsp3) is 0.529. The molecular formula is C17H22Cl2FN3O3. The standard InChI is InChI=1S/C17H21ClFN3O3.ClH/c18-13-9-12(1-2-14(13)19)21-16(23)11-3-6-22(7-4-11)17(24)15-10-25-8-5-20-15;/h1-2,9,11,15,20H,3-8,10H2,(H,21,23);1H. The number of nitrogens with one attached hydrogen (secondary N) is 2. The van der Waals surface area contributed by atoms with E-state index < -0.39 is 5.82 Å². The number of anilines is 1. The van der Waals surface area contributed by atoms with Gasteiger partial charge < -0.3 is 20.3 Å². The molecule has 0 bridgehead atoms. The molecule has 2 aliphatic heterocycles. The molecule has 144 valence electrons. The minimum Gasteiger partial charge on any atom is -0.378 e. The van der Waals surface area contributed by atoms with Gasteiger partial charge in [0, 0.05) is 31.2 Å². The molecule has 0 saturated carbocycles. The van der Waals surface area contributed by atoms with E-state index in [1.807, 2.05) is 0 Å². The van der Waals surface area contributed by atoms with E-state index in [1.165, 1.54) is 18.2 Å². The van der Waals surface area contributed by atoms with Crippen molar-refractivity contribution in [3.05, 3.63) is 29.0 Å². The maximum atomic E-state index is 13.2. The number of morpholine rings is 1. The lowest BCUT2D eigenvalue weighted by Gasteiger charge is -2.35. The van der Waals surface area contributed by atoms with Crippen molar-refractivity contribution in [3.63, 3.8) is 0 Å². The van der Waals surface area contributed by atoms with E-state index >= 15 is 0 Å². The first-order valence-corrected chi connectivity index (χ1v) is 8.78. The molecule has 0 spiro atoms. The molecule has 3 rings (SSSR count). The molecule has 6 nitrogen and oxygen atoms in total. The van der Waals surface area contributed by atoms with Crippen LogP contribution in [0.25, 0.3) is 0 Å². The molecule has 0 aromatic heterocycles. The lowest BCUT2D eigenvalue weighted by atomic mass is 9.95. The predicted molar refractivity (Wildman–Crippen MR) is 99.2 cm³/mol. The third-order valence-electron chi connectivity index (χ3n) is 4.58. The van der Waals surface area contributed by atoms with Crippen LogP contribution >= 0.6 is 24.0 Å². The van der Waals surface area contributed by atoms with Gasteiger partial charge in [0.2, 0.25) is 11.8 Å². The second-order valence-electron chi connectivity index (χ2n) is 6.30. The Labute approximate surface area is 162 Å². The largest absolute Gasteiger partial charge is 0.378 e. The number of carbonyl (C=O) groups is 2. The van der Waals surface area contributed by atoms with Crippen molar-refractivity contribution >= 4 is 41.5 Å². The van der Waals surface area contributed by atoms with Crippen LogP contribution in [0, 0.1) is 11.7 Å². The molecular weight excluding hydrogens is 384 g/mol. The van der Waals surface area contributed by atoms with Crippen molar-refractivity contribution in [2.24, 2.45) is 5.92 Å². The lowest BCUT2D eigenvalue weighted by molar-refractivity contribution is -0.139. The highest BCUT2D eigenvalue weighted by atomic mass is 35.5. The highest BCUT2D eigenvalue weighted by Gasteiger charge is 2.31. The zero-order chi connectivity index (χ0) is 17.8. The molecule has 9 heteroatoms. The quantitative estimate of drug-likeness (QED) is 0.807. The number of likely N-dealkylation sites (tertiary alicyclic amines) is 1. The van der Waals surface area contributed by atoms with E-state index in [9.17, 15) is 14.0 Å². The van der Waals surface area contributed by atoms with Gasteiger partial charge in [-0.1, -0.05) is 11.6 Å². The summed E-state index contributed by atoms with van der Waals surface area (Å²) in [7, 11) is 0. The van der Waals surface area contributed by atoms with Crippen LogP contribution in [0.5, 0.6) is 0 Å². The van der Waals surface area contributed by atoms with Crippen molar-refractivity contribution in [2.75, 3.05) is 38.2 Å². The Kier molecular flexibility index (Phi) is 7.64. The van der Waals surface area contributed by atoms with Crippen LogP contribution in [-0.4, -0.2) is 55.6 Å². The normalized spacial score (nSPS) is 21.0. The Morgan fingerprint density at radius 3 is 2.65 bits per heavy atom. The van der Waals surface area contributed by atoms with Crippen LogP contribution < -0.4 is 10.6 Å². The average Bonchev–Trinajstić information content (AvgIpc) is 2.65. The van der Waals surface area contributed by atoms with E-state index in [-0.39, 0.29) is 41.2 Å². The van der Waals surface area contributed by atoms with Gasteiger partial charge in [-0.25, -0.2) is 4.39 Å². The molecule has 2 amide bonds. The summed E-state index contributed by atoms with van der Waals surface area (Å²) in [4.78, 5) is 26.6. The van der Waals surface area contributed by atoms with Gasteiger partial charge in [0.1, 0.15) is 11.9 Å². The Morgan fingerprint density at radius 2 is 2.04 bits per heavy atom. The van der Waals surface area contributed by atoms with Crippen molar-refractivity contribution in [1.29, 1.82) is 0 Å². The lowest BCUT2D eigenvalue weighted by Crippen LogP contribution is -2.54. The van der Waals surface area contributed by atoms with Crippen LogP contribution in [0.3, 0.4) is 0 Å². The number of hydrogen-bond donors (Lipinski definition) is 2. The minimum absolute atomic E-state index is 0.